The summed E-state index contributed by atoms with van der Waals surface area (Å²) in [7, 11) is 1.61. The number of anilines is 1. The fourth-order valence-corrected chi connectivity index (χ4v) is 2.33. The summed E-state index contributed by atoms with van der Waals surface area (Å²) in [5, 5.41) is 2.99. The van der Waals surface area contributed by atoms with E-state index in [-0.39, 0.29) is 18.1 Å². The second kappa shape index (κ2) is 7.91. The Balaban J connectivity index is 2.98. The maximum Gasteiger partial charge on any atom is 0.322 e. The topological polar surface area (TPSA) is 41.6 Å². The van der Waals surface area contributed by atoms with E-state index in [0.29, 0.717) is 5.75 Å². The van der Waals surface area contributed by atoms with Crippen LogP contribution >= 0.6 is 0 Å². The molecule has 1 aromatic rings. The number of hydrogen-bond acceptors (Lipinski definition) is 2. The molecule has 0 bridgehead atoms. The number of benzene rings is 1. The summed E-state index contributed by atoms with van der Waals surface area (Å²) >= 11 is 0. The smallest absolute Gasteiger partial charge is 0.322 e. The van der Waals surface area contributed by atoms with Gasteiger partial charge in [-0.1, -0.05) is 19.9 Å². The van der Waals surface area contributed by atoms with Crippen molar-refractivity contribution in [3.8, 4) is 5.75 Å². The fourth-order valence-electron chi connectivity index (χ4n) is 2.33. The molecule has 0 aliphatic carbocycles. The van der Waals surface area contributed by atoms with Gasteiger partial charge in [0, 0.05) is 12.1 Å². The molecule has 21 heavy (non-hydrogen) atoms. The number of nitrogens with zero attached hydrogens (tertiary/aromatic N) is 1. The Kier molecular flexibility index (Phi) is 6.53. The SMILES string of the molecule is CCC(C)N(C(=O)Nc1cc(C)ccc1OC)C(C)CC. The van der Waals surface area contributed by atoms with Crippen LogP contribution in [-0.4, -0.2) is 30.1 Å². The molecule has 0 aliphatic heterocycles. The van der Waals surface area contributed by atoms with Gasteiger partial charge in [-0.25, -0.2) is 4.79 Å². The van der Waals surface area contributed by atoms with Crippen LogP contribution in [0, 0.1) is 6.92 Å². The van der Waals surface area contributed by atoms with Crippen LogP contribution in [0.5, 0.6) is 5.75 Å². The second-order valence-electron chi connectivity index (χ2n) is 5.56. The second-order valence-corrected chi connectivity index (χ2v) is 5.56. The van der Waals surface area contributed by atoms with Crippen LogP contribution in [-0.2, 0) is 0 Å². The van der Waals surface area contributed by atoms with Gasteiger partial charge in [0.2, 0.25) is 0 Å². The Hall–Kier alpha value is -1.71. The molecule has 4 heteroatoms. The molecule has 0 radical (unpaired) electrons. The van der Waals surface area contributed by atoms with Crippen molar-refractivity contribution in [1.82, 2.24) is 4.90 Å². The number of carbonyl (C=O) groups excluding carboxylic acids is 1. The van der Waals surface area contributed by atoms with Crippen molar-refractivity contribution in [2.75, 3.05) is 12.4 Å². The molecular formula is C17H28N2O2. The minimum atomic E-state index is -0.0670. The Morgan fingerprint density at radius 1 is 1.24 bits per heavy atom. The molecule has 0 aromatic heterocycles. The number of aryl methyl sites for hydroxylation is 1. The van der Waals surface area contributed by atoms with Crippen LogP contribution in [0.2, 0.25) is 0 Å². The van der Waals surface area contributed by atoms with Crippen molar-refractivity contribution in [3.63, 3.8) is 0 Å². The summed E-state index contributed by atoms with van der Waals surface area (Å²) in [4.78, 5) is 14.6. The van der Waals surface area contributed by atoms with Crippen molar-refractivity contribution in [1.29, 1.82) is 0 Å². The molecule has 118 valence electrons. The fraction of sp³-hybridized carbons (Fsp3) is 0.588. The maximum absolute atomic E-state index is 12.7. The highest BCUT2D eigenvalue weighted by Crippen LogP contribution is 2.26. The van der Waals surface area contributed by atoms with E-state index in [0.717, 1.165) is 24.1 Å². The van der Waals surface area contributed by atoms with Crippen molar-refractivity contribution >= 4 is 11.7 Å². The summed E-state index contributed by atoms with van der Waals surface area (Å²) < 4.78 is 5.32. The van der Waals surface area contributed by atoms with Gasteiger partial charge in [-0.2, -0.15) is 0 Å². The van der Waals surface area contributed by atoms with Crippen molar-refractivity contribution in [2.45, 2.75) is 59.5 Å². The molecule has 0 heterocycles. The third-order valence-corrected chi connectivity index (χ3v) is 3.96. The van der Waals surface area contributed by atoms with Crippen LogP contribution in [0.4, 0.5) is 10.5 Å². The Labute approximate surface area is 128 Å². The monoisotopic (exact) mass is 292 g/mol. The van der Waals surface area contributed by atoms with Gasteiger partial charge in [-0.15, -0.1) is 0 Å². The summed E-state index contributed by atoms with van der Waals surface area (Å²) in [6.07, 6.45) is 1.87. The molecule has 1 aromatic carbocycles. The number of amides is 2. The van der Waals surface area contributed by atoms with E-state index in [1.165, 1.54) is 0 Å². The van der Waals surface area contributed by atoms with Gasteiger partial charge in [0.15, 0.2) is 0 Å². The lowest BCUT2D eigenvalue weighted by atomic mass is 10.1. The van der Waals surface area contributed by atoms with Gasteiger partial charge in [-0.05, 0) is 51.3 Å². The number of urea groups is 1. The predicted molar refractivity (Wildman–Crippen MR) is 88.1 cm³/mol. The summed E-state index contributed by atoms with van der Waals surface area (Å²) in [5.41, 5.74) is 1.81. The summed E-state index contributed by atoms with van der Waals surface area (Å²) in [6, 6.07) is 6.12. The van der Waals surface area contributed by atoms with E-state index in [1.54, 1.807) is 7.11 Å². The number of ether oxygens (including phenoxy) is 1. The van der Waals surface area contributed by atoms with Crippen LogP contribution in [0.3, 0.4) is 0 Å². The normalized spacial score (nSPS) is 13.4. The molecule has 4 nitrogen and oxygen atoms in total. The molecular weight excluding hydrogens is 264 g/mol. The van der Waals surface area contributed by atoms with Gasteiger partial charge in [0.1, 0.15) is 5.75 Å². The third-order valence-electron chi connectivity index (χ3n) is 3.96. The number of methoxy groups -OCH3 is 1. The molecule has 0 saturated heterocycles. The lowest BCUT2D eigenvalue weighted by Crippen LogP contribution is -2.46. The predicted octanol–water partition coefficient (Wildman–Crippen LogP) is 4.43. The molecule has 0 saturated carbocycles. The minimum Gasteiger partial charge on any atom is -0.495 e. The van der Waals surface area contributed by atoms with E-state index in [4.69, 9.17) is 4.74 Å². The van der Waals surface area contributed by atoms with E-state index in [1.807, 2.05) is 30.0 Å². The van der Waals surface area contributed by atoms with Crippen LogP contribution in [0.1, 0.15) is 46.1 Å². The van der Waals surface area contributed by atoms with Crippen molar-refractivity contribution in [2.24, 2.45) is 0 Å². The van der Waals surface area contributed by atoms with Crippen LogP contribution in [0.25, 0.3) is 0 Å². The van der Waals surface area contributed by atoms with Gasteiger partial charge in [0.25, 0.3) is 0 Å². The lowest BCUT2D eigenvalue weighted by molar-refractivity contribution is 0.163. The maximum atomic E-state index is 12.7. The average molecular weight is 292 g/mol. The first-order chi connectivity index (χ1) is 9.94. The lowest BCUT2D eigenvalue weighted by Gasteiger charge is -2.34. The van der Waals surface area contributed by atoms with Gasteiger partial charge >= 0.3 is 6.03 Å². The van der Waals surface area contributed by atoms with E-state index >= 15 is 0 Å². The third kappa shape index (κ3) is 4.38. The quantitative estimate of drug-likeness (QED) is 0.842. The van der Waals surface area contributed by atoms with E-state index in [9.17, 15) is 4.79 Å². The summed E-state index contributed by atoms with van der Waals surface area (Å²) in [5.74, 6) is 0.683. The first kappa shape index (κ1) is 17.3. The molecule has 0 aliphatic rings. The zero-order valence-electron chi connectivity index (χ0n) is 14.1. The van der Waals surface area contributed by atoms with E-state index < -0.39 is 0 Å². The Morgan fingerprint density at radius 3 is 2.29 bits per heavy atom. The van der Waals surface area contributed by atoms with Gasteiger partial charge in [-0.3, -0.25) is 0 Å². The highest BCUT2D eigenvalue weighted by Gasteiger charge is 2.24. The number of rotatable bonds is 6. The van der Waals surface area contributed by atoms with Crippen LogP contribution in [0.15, 0.2) is 18.2 Å². The summed E-state index contributed by atoms with van der Waals surface area (Å²) in [6.45, 7) is 10.4. The molecule has 2 atom stereocenters. The van der Waals surface area contributed by atoms with E-state index in [2.05, 4.69) is 33.0 Å². The highest BCUT2D eigenvalue weighted by atomic mass is 16.5. The zero-order valence-corrected chi connectivity index (χ0v) is 14.1. The number of nitrogens with one attached hydrogen (secondary N) is 1. The molecule has 2 unspecified atom stereocenters. The van der Waals surface area contributed by atoms with Gasteiger partial charge < -0.3 is 15.0 Å². The number of hydrogen-bond donors (Lipinski definition) is 1. The average Bonchev–Trinajstić information content (AvgIpc) is 2.47. The molecule has 1 rings (SSSR count). The molecule has 0 spiro atoms. The molecule has 2 amide bonds. The molecule has 0 fully saturated rings. The van der Waals surface area contributed by atoms with Crippen LogP contribution < -0.4 is 10.1 Å². The molecule has 1 N–H and O–H groups in total. The number of carbonyl (C=O) groups is 1. The van der Waals surface area contributed by atoms with Crippen molar-refractivity contribution < 1.29 is 9.53 Å². The standard InChI is InChI=1S/C17H28N2O2/c1-7-13(4)19(14(5)8-2)17(20)18-15-11-12(3)9-10-16(15)21-6/h9-11,13-14H,7-8H2,1-6H3,(H,18,20). The van der Waals surface area contributed by atoms with Gasteiger partial charge in [0.05, 0.1) is 12.8 Å². The first-order valence-electron chi connectivity index (χ1n) is 7.68. The highest BCUT2D eigenvalue weighted by molar-refractivity contribution is 5.91. The largest absolute Gasteiger partial charge is 0.495 e. The Morgan fingerprint density at radius 2 is 1.81 bits per heavy atom. The minimum absolute atomic E-state index is 0.0670. The first-order valence-corrected chi connectivity index (χ1v) is 7.68. The Bertz CT molecular complexity index is 464. The zero-order chi connectivity index (χ0) is 16.0. The van der Waals surface area contributed by atoms with Crippen molar-refractivity contribution in [3.05, 3.63) is 23.8 Å².